The molecule has 2 rings (SSSR count). The van der Waals surface area contributed by atoms with Gasteiger partial charge >= 0.3 is 0 Å². The smallest absolute Gasteiger partial charge is 0.225 e. The second-order valence-corrected chi connectivity index (χ2v) is 5.75. The van der Waals surface area contributed by atoms with E-state index < -0.39 is 0 Å². The first kappa shape index (κ1) is 14.1. The normalized spacial score (nSPS) is 16.2. The van der Waals surface area contributed by atoms with E-state index in [0.717, 1.165) is 24.6 Å². The SMILES string of the molecule is CN(C)Cc1cc(NC(=O)CCC2CCCC2)n[nH]1. The average Bonchev–Trinajstić information content (AvgIpc) is 2.97. The molecule has 1 aromatic rings. The summed E-state index contributed by atoms with van der Waals surface area (Å²) in [4.78, 5) is 13.9. The van der Waals surface area contributed by atoms with Crippen molar-refractivity contribution in [1.82, 2.24) is 15.1 Å². The molecule has 5 heteroatoms. The Morgan fingerprint density at radius 3 is 2.89 bits per heavy atom. The van der Waals surface area contributed by atoms with Crippen LogP contribution in [0.4, 0.5) is 5.82 Å². The Morgan fingerprint density at radius 1 is 1.47 bits per heavy atom. The Balaban J connectivity index is 1.73. The van der Waals surface area contributed by atoms with Crippen molar-refractivity contribution >= 4 is 11.7 Å². The maximum absolute atomic E-state index is 11.8. The molecule has 5 nitrogen and oxygen atoms in total. The summed E-state index contributed by atoms with van der Waals surface area (Å²) >= 11 is 0. The van der Waals surface area contributed by atoms with Gasteiger partial charge in [0, 0.05) is 19.0 Å². The zero-order valence-corrected chi connectivity index (χ0v) is 11.9. The minimum Gasteiger partial charge on any atom is -0.309 e. The van der Waals surface area contributed by atoms with Crippen molar-refractivity contribution in [2.45, 2.75) is 45.1 Å². The van der Waals surface area contributed by atoms with Crippen LogP contribution < -0.4 is 5.32 Å². The number of hydrogen-bond acceptors (Lipinski definition) is 3. The predicted octanol–water partition coefficient (Wildman–Crippen LogP) is 2.38. The quantitative estimate of drug-likeness (QED) is 0.829. The number of amides is 1. The number of nitrogens with one attached hydrogen (secondary N) is 2. The molecule has 2 N–H and O–H groups in total. The van der Waals surface area contributed by atoms with Crippen molar-refractivity contribution in [3.8, 4) is 0 Å². The highest BCUT2D eigenvalue weighted by Crippen LogP contribution is 2.28. The fraction of sp³-hybridized carbons (Fsp3) is 0.714. The van der Waals surface area contributed by atoms with E-state index in [1.807, 2.05) is 20.2 Å². The lowest BCUT2D eigenvalue weighted by molar-refractivity contribution is -0.116. The lowest BCUT2D eigenvalue weighted by atomic mass is 10.0. The number of nitrogens with zero attached hydrogens (tertiary/aromatic N) is 2. The van der Waals surface area contributed by atoms with Crippen LogP contribution in [-0.2, 0) is 11.3 Å². The van der Waals surface area contributed by atoms with Gasteiger partial charge in [-0.15, -0.1) is 0 Å². The maximum atomic E-state index is 11.8. The Bertz CT molecular complexity index is 407. The average molecular weight is 264 g/mol. The van der Waals surface area contributed by atoms with Crippen LogP contribution in [0.5, 0.6) is 0 Å². The fourth-order valence-electron chi connectivity index (χ4n) is 2.69. The summed E-state index contributed by atoms with van der Waals surface area (Å²) in [5.41, 5.74) is 1.01. The van der Waals surface area contributed by atoms with E-state index in [1.54, 1.807) is 0 Å². The lowest BCUT2D eigenvalue weighted by Gasteiger charge is -2.07. The summed E-state index contributed by atoms with van der Waals surface area (Å²) in [7, 11) is 4.00. The summed E-state index contributed by atoms with van der Waals surface area (Å²) < 4.78 is 0. The molecule has 0 spiro atoms. The molecule has 1 amide bonds. The molecule has 0 aliphatic heterocycles. The standard InChI is InChI=1S/C14H24N4O/c1-18(2)10-12-9-13(17-16-12)15-14(19)8-7-11-5-3-4-6-11/h9,11H,3-8,10H2,1-2H3,(H2,15,16,17,19). The van der Waals surface area contributed by atoms with E-state index in [1.165, 1.54) is 25.7 Å². The molecular formula is C14H24N4O. The van der Waals surface area contributed by atoms with Crippen molar-refractivity contribution < 1.29 is 4.79 Å². The molecule has 0 aromatic carbocycles. The Labute approximate surface area is 114 Å². The van der Waals surface area contributed by atoms with Gasteiger partial charge in [-0.3, -0.25) is 9.89 Å². The van der Waals surface area contributed by atoms with Gasteiger partial charge in [0.2, 0.25) is 5.91 Å². The van der Waals surface area contributed by atoms with Gasteiger partial charge in [-0.25, -0.2) is 0 Å². The van der Waals surface area contributed by atoms with E-state index in [0.29, 0.717) is 12.2 Å². The molecule has 1 aliphatic carbocycles. The summed E-state index contributed by atoms with van der Waals surface area (Å²) in [5, 5.41) is 9.90. The Morgan fingerprint density at radius 2 is 2.21 bits per heavy atom. The molecule has 0 atom stereocenters. The Kier molecular flexibility index (Phi) is 4.96. The summed E-state index contributed by atoms with van der Waals surface area (Å²) in [6, 6.07) is 1.90. The third kappa shape index (κ3) is 4.67. The molecule has 1 saturated carbocycles. The van der Waals surface area contributed by atoms with Crippen LogP contribution in [0.2, 0.25) is 0 Å². The highest BCUT2D eigenvalue weighted by molar-refractivity contribution is 5.89. The van der Waals surface area contributed by atoms with Gasteiger partial charge in [-0.05, 0) is 26.4 Å². The zero-order chi connectivity index (χ0) is 13.7. The van der Waals surface area contributed by atoms with Crippen molar-refractivity contribution in [3.05, 3.63) is 11.8 Å². The summed E-state index contributed by atoms with van der Waals surface area (Å²) in [5.74, 6) is 1.47. The molecule has 0 radical (unpaired) electrons. The van der Waals surface area contributed by atoms with Gasteiger partial charge in [0.1, 0.15) is 0 Å². The van der Waals surface area contributed by atoms with Gasteiger partial charge in [-0.2, -0.15) is 5.10 Å². The minimum absolute atomic E-state index is 0.0785. The van der Waals surface area contributed by atoms with Crippen LogP contribution in [-0.4, -0.2) is 35.1 Å². The molecule has 1 heterocycles. The monoisotopic (exact) mass is 264 g/mol. The number of hydrogen-bond donors (Lipinski definition) is 2. The maximum Gasteiger partial charge on any atom is 0.225 e. The second-order valence-electron chi connectivity index (χ2n) is 5.75. The van der Waals surface area contributed by atoms with Crippen molar-refractivity contribution in [3.63, 3.8) is 0 Å². The van der Waals surface area contributed by atoms with Gasteiger partial charge in [0.25, 0.3) is 0 Å². The van der Waals surface area contributed by atoms with E-state index >= 15 is 0 Å². The van der Waals surface area contributed by atoms with E-state index in [-0.39, 0.29) is 5.91 Å². The minimum atomic E-state index is 0.0785. The lowest BCUT2D eigenvalue weighted by Crippen LogP contribution is -2.13. The molecule has 1 fully saturated rings. The molecule has 0 saturated heterocycles. The largest absolute Gasteiger partial charge is 0.309 e. The molecular weight excluding hydrogens is 240 g/mol. The van der Waals surface area contributed by atoms with Crippen LogP contribution in [0.1, 0.15) is 44.2 Å². The van der Waals surface area contributed by atoms with Gasteiger partial charge in [0.15, 0.2) is 5.82 Å². The van der Waals surface area contributed by atoms with Gasteiger partial charge < -0.3 is 10.2 Å². The number of anilines is 1. The van der Waals surface area contributed by atoms with Gasteiger partial charge in [-0.1, -0.05) is 25.7 Å². The van der Waals surface area contributed by atoms with Crippen LogP contribution >= 0.6 is 0 Å². The molecule has 1 aromatic heterocycles. The molecule has 106 valence electrons. The van der Waals surface area contributed by atoms with E-state index in [4.69, 9.17) is 0 Å². The molecule has 19 heavy (non-hydrogen) atoms. The first-order valence-corrected chi connectivity index (χ1v) is 7.12. The third-order valence-electron chi connectivity index (χ3n) is 3.64. The number of H-pyrrole nitrogens is 1. The van der Waals surface area contributed by atoms with Crippen molar-refractivity contribution in [2.75, 3.05) is 19.4 Å². The van der Waals surface area contributed by atoms with E-state index in [2.05, 4.69) is 20.4 Å². The van der Waals surface area contributed by atoms with Crippen LogP contribution in [0.25, 0.3) is 0 Å². The first-order chi connectivity index (χ1) is 9.13. The predicted molar refractivity (Wildman–Crippen MR) is 75.8 cm³/mol. The summed E-state index contributed by atoms with van der Waals surface area (Å²) in [6.07, 6.45) is 6.88. The number of aromatic amines is 1. The number of carbonyl (C=O) groups is 1. The molecule has 1 aliphatic rings. The van der Waals surface area contributed by atoms with E-state index in [9.17, 15) is 4.79 Å². The van der Waals surface area contributed by atoms with Crippen molar-refractivity contribution in [2.24, 2.45) is 5.92 Å². The van der Waals surface area contributed by atoms with Gasteiger partial charge in [0.05, 0.1) is 5.69 Å². The number of rotatable bonds is 6. The topological polar surface area (TPSA) is 61.0 Å². The Hall–Kier alpha value is -1.36. The molecule has 0 unspecified atom stereocenters. The van der Waals surface area contributed by atoms with Crippen LogP contribution in [0, 0.1) is 5.92 Å². The highest BCUT2D eigenvalue weighted by atomic mass is 16.1. The fourth-order valence-corrected chi connectivity index (χ4v) is 2.69. The van der Waals surface area contributed by atoms with Crippen LogP contribution in [0.15, 0.2) is 6.07 Å². The summed E-state index contributed by atoms with van der Waals surface area (Å²) in [6.45, 7) is 0.797. The third-order valence-corrected chi connectivity index (χ3v) is 3.64. The zero-order valence-electron chi connectivity index (χ0n) is 11.9. The second kappa shape index (κ2) is 6.70. The van der Waals surface area contributed by atoms with Crippen molar-refractivity contribution in [1.29, 1.82) is 0 Å². The molecule has 0 bridgehead atoms. The number of aromatic nitrogens is 2. The highest BCUT2D eigenvalue weighted by Gasteiger charge is 2.16. The first-order valence-electron chi connectivity index (χ1n) is 7.12. The van der Waals surface area contributed by atoms with Crippen LogP contribution in [0.3, 0.4) is 0 Å². The number of carbonyl (C=O) groups excluding carboxylic acids is 1.